The van der Waals surface area contributed by atoms with Crippen molar-refractivity contribution in [3.8, 4) is 0 Å². The molecule has 3 rings (SSSR count). The minimum atomic E-state index is -4.21. The monoisotopic (exact) mass is 496 g/mol. The Bertz CT molecular complexity index is 1090. The van der Waals surface area contributed by atoms with Crippen molar-refractivity contribution in [1.29, 1.82) is 0 Å². The molecule has 33 heavy (non-hydrogen) atoms. The lowest BCUT2D eigenvalue weighted by molar-refractivity contribution is 0.194. The maximum Gasteiger partial charge on any atom is 0.334 e. The van der Waals surface area contributed by atoms with E-state index < -0.39 is 21.8 Å². The Morgan fingerprint density at radius 1 is 1.24 bits per heavy atom. The van der Waals surface area contributed by atoms with Gasteiger partial charge in [-0.1, -0.05) is 27.7 Å². The van der Waals surface area contributed by atoms with E-state index in [1.54, 1.807) is 29.3 Å². The second-order valence-corrected chi connectivity index (χ2v) is 12.4. The third kappa shape index (κ3) is 5.70. The highest BCUT2D eigenvalue weighted by atomic mass is 32.2. The van der Waals surface area contributed by atoms with E-state index >= 15 is 0 Å². The molecule has 1 atom stereocenters. The van der Waals surface area contributed by atoms with Crippen LogP contribution in [-0.2, 0) is 17.3 Å². The van der Waals surface area contributed by atoms with Gasteiger partial charge in [-0.05, 0) is 51.3 Å². The number of carbonyl (C=O) groups excluding carboxylic acids is 1. The third-order valence-electron chi connectivity index (χ3n) is 5.87. The first-order valence-corrected chi connectivity index (χ1v) is 13.5. The molecule has 184 valence electrons. The fourth-order valence-electron chi connectivity index (χ4n) is 4.44. The van der Waals surface area contributed by atoms with Crippen LogP contribution in [0.1, 0.15) is 69.1 Å². The normalized spacial score (nSPS) is 19.8. The van der Waals surface area contributed by atoms with Gasteiger partial charge in [0.2, 0.25) is 0 Å². The SMILES string of the molecule is CC(C)c1cc(NC(=O)NS(=O)(=O)N(c2cnn(C)c2)C2(C)CCCN(C)C2)c(C(C)C)s1. The number of thiophene rings is 1. The van der Waals surface area contributed by atoms with Crippen LogP contribution in [0.4, 0.5) is 16.2 Å². The van der Waals surface area contributed by atoms with Crippen LogP contribution >= 0.6 is 11.3 Å². The van der Waals surface area contributed by atoms with Gasteiger partial charge in [-0.25, -0.2) is 13.8 Å². The highest BCUT2D eigenvalue weighted by molar-refractivity contribution is 7.91. The second-order valence-electron chi connectivity index (χ2n) is 9.77. The zero-order valence-corrected chi connectivity index (χ0v) is 22.2. The molecule has 0 aromatic carbocycles. The molecule has 3 heterocycles. The summed E-state index contributed by atoms with van der Waals surface area (Å²) in [5.41, 5.74) is 0.359. The number of anilines is 2. The van der Waals surface area contributed by atoms with Gasteiger partial charge in [-0.15, -0.1) is 11.3 Å². The van der Waals surface area contributed by atoms with Crippen LogP contribution in [0.15, 0.2) is 18.5 Å². The lowest BCUT2D eigenvalue weighted by atomic mass is 9.91. The summed E-state index contributed by atoms with van der Waals surface area (Å²) in [6.45, 7) is 11.7. The van der Waals surface area contributed by atoms with E-state index in [9.17, 15) is 13.2 Å². The Morgan fingerprint density at radius 3 is 2.48 bits per heavy atom. The lowest BCUT2D eigenvalue weighted by Gasteiger charge is -2.46. The summed E-state index contributed by atoms with van der Waals surface area (Å²) in [6.07, 6.45) is 4.70. The Kier molecular flexibility index (Phi) is 7.45. The average molecular weight is 497 g/mol. The standard InChI is InChI=1S/C22H36N6O3S2/c1-15(2)19-11-18(20(32-19)16(3)4)24-21(29)25-33(30,31)28(17-12-23-27(7)13-17)22(5)9-8-10-26(6)14-22/h11-13,15-16H,8-10,14H2,1-7H3,(H2,24,25,29). The molecule has 2 aromatic heterocycles. The van der Waals surface area contributed by atoms with E-state index in [0.717, 1.165) is 22.7 Å². The quantitative estimate of drug-likeness (QED) is 0.602. The first-order valence-electron chi connectivity index (χ1n) is 11.3. The molecule has 2 aromatic rings. The molecule has 11 heteroatoms. The van der Waals surface area contributed by atoms with Crippen molar-refractivity contribution in [3.05, 3.63) is 28.2 Å². The van der Waals surface area contributed by atoms with Crippen molar-refractivity contribution in [2.45, 2.75) is 64.8 Å². The summed E-state index contributed by atoms with van der Waals surface area (Å²) in [7, 11) is -0.501. The van der Waals surface area contributed by atoms with E-state index in [0.29, 0.717) is 30.3 Å². The van der Waals surface area contributed by atoms with E-state index in [1.165, 1.54) is 10.5 Å². The Labute approximate surface area is 201 Å². The van der Waals surface area contributed by atoms with Crippen LogP contribution in [0.2, 0.25) is 0 Å². The molecule has 0 aliphatic carbocycles. The molecule has 0 bridgehead atoms. The Morgan fingerprint density at radius 2 is 1.94 bits per heavy atom. The molecule has 1 aliphatic rings. The minimum absolute atomic E-state index is 0.206. The number of hydrogen-bond acceptors (Lipinski definition) is 6. The van der Waals surface area contributed by atoms with Crippen molar-refractivity contribution < 1.29 is 13.2 Å². The van der Waals surface area contributed by atoms with Crippen LogP contribution in [0.3, 0.4) is 0 Å². The van der Waals surface area contributed by atoms with Gasteiger partial charge in [0.1, 0.15) is 0 Å². The van der Waals surface area contributed by atoms with Gasteiger partial charge in [0.05, 0.1) is 23.1 Å². The second kappa shape index (κ2) is 9.63. The van der Waals surface area contributed by atoms with Crippen LogP contribution in [0.5, 0.6) is 0 Å². The summed E-state index contributed by atoms with van der Waals surface area (Å²) >= 11 is 1.65. The minimum Gasteiger partial charge on any atom is -0.306 e. The molecule has 9 nitrogen and oxygen atoms in total. The zero-order valence-electron chi connectivity index (χ0n) is 20.5. The maximum absolute atomic E-state index is 13.6. The lowest BCUT2D eigenvalue weighted by Crippen LogP contribution is -2.61. The predicted octanol–water partition coefficient (Wildman–Crippen LogP) is 4.09. The number of hydrogen-bond donors (Lipinski definition) is 2. The molecule has 1 unspecified atom stereocenters. The highest BCUT2D eigenvalue weighted by Crippen LogP contribution is 2.37. The molecule has 2 N–H and O–H groups in total. The van der Waals surface area contributed by atoms with Gasteiger partial charge in [-0.2, -0.15) is 13.5 Å². The maximum atomic E-state index is 13.6. The Hall–Kier alpha value is -2.11. The summed E-state index contributed by atoms with van der Waals surface area (Å²) in [4.78, 5) is 17.2. The number of nitrogens with zero attached hydrogens (tertiary/aromatic N) is 4. The van der Waals surface area contributed by atoms with Gasteiger partial charge in [0.15, 0.2) is 0 Å². The smallest absolute Gasteiger partial charge is 0.306 e. The summed E-state index contributed by atoms with van der Waals surface area (Å²) < 4.78 is 32.3. The van der Waals surface area contributed by atoms with Gasteiger partial charge < -0.3 is 10.2 Å². The average Bonchev–Trinajstić information content (AvgIpc) is 3.27. The van der Waals surface area contributed by atoms with E-state index in [-0.39, 0.29) is 5.92 Å². The number of carbonyl (C=O) groups is 1. The van der Waals surface area contributed by atoms with E-state index in [2.05, 4.69) is 47.7 Å². The van der Waals surface area contributed by atoms with Crippen LogP contribution in [-0.4, -0.2) is 54.8 Å². The molecule has 1 fully saturated rings. The number of likely N-dealkylation sites (N-methyl/N-ethyl adjacent to an activating group) is 1. The first kappa shape index (κ1) is 25.5. The van der Waals surface area contributed by atoms with Crippen molar-refractivity contribution in [3.63, 3.8) is 0 Å². The largest absolute Gasteiger partial charge is 0.334 e. The van der Waals surface area contributed by atoms with Crippen LogP contribution in [0, 0.1) is 0 Å². The van der Waals surface area contributed by atoms with Crippen molar-refractivity contribution in [2.24, 2.45) is 7.05 Å². The van der Waals surface area contributed by atoms with Crippen LogP contribution < -0.4 is 14.3 Å². The molecule has 1 aliphatic heterocycles. The van der Waals surface area contributed by atoms with E-state index in [1.807, 2.05) is 20.0 Å². The topological polar surface area (TPSA) is 99.6 Å². The third-order valence-corrected chi connectivity index (χ3v) is 9.18. The number of piperidine rings is 1. The molecule has 2 amide bonds. The van der Waals surface area contributed by atoms with Crippen molar-refractivity contribution in [2.75, 3.05) is 29.8 Å². The van der Waals surface area contributed by atoms with E-state index in [4.69, 9.17) is 0 Å². The number of nitrogens with one attached hydrogen (secondary N) is 2. The molecule has 0 spiro atoms. The highest BCUT2D eigenvalue weighted by Gasteiger charge is 2.43. The number of amides is 2. The summed E-state index contributed by atoms with van der Waals surface area (Å²) in [6, 6.07) is 1.17. The molecular formula is C22H36N6O3S2. The molecular weight excluding hydrogens is 460 g/mol. The molecule has 0 radical (unpaired) electrons. The number of aromatic nitrogens is 2. The van der Waals surface area contributed by atoms with Gasteiger partial charge >= 0.3 is 16.2 Å². The number of likely N-dealkylation sites (tertiary alicyclic amines) is 1. The zero-order chi connectivity index (χ0) is 24.6. The fourth-order valence-corrected chi connectivity index (χ4v) is 7.04. The fraction of sp³-hybridized carbons (Fsp3) is 0.636. The number of aryl methyl sites for hydroxylation is 1. The number of rotatable bonds is 7. The predicted molar refractivity (Wildman–Crippen MR) is 134 cm³/mol. The first-order chi connectivity index (χ1) is 15.3. The van der Waals surface area contributed by atoms with Crippen molar-refractivity contribution in [1.82, 2.24) is 19.4 Å². The molecule has 0 saturated carbocycles. The van der Waals surface area contributed by atoms with Gasteiger partial charge in [0, 0.05) is 29.5 Å². The Balaban J connectivity index is 1.89. The van der Waals surface area contributed by atoms with Gasteiger partial charge in [0.25, 0.3) is 0 Å². The molecule has 1 saturated heterocycles. The van der Waals surface area contributed by atoms with Crippen LogP contribution in [0.25, 0.3) is 0 Å². The summed E-state index contributed by atoms with van der Waals surface area (Å²) in [5.74, 6) is 0.525. The van der Waals surface area contributed by atoms with Gasteiger partial charge in [-0.3, -0.25) is 4.68 Å². The van der Waals surface area contributed by atoms with Crippen molar-refractivity contribution >= 4 is 39.0 Å². The summed E-state index contributed by atoms with van der Waals surface area (Å²) in [5, 5.41) is 6.95. The number of urea groups is 1.